The van der Waals surface area contributed by atoms with Crippen LogP contribution in [0.15, 0.2) is 79.1 Å². The number of hydrogen-bond acceptors (Lipinski definition) is 7. The lowest BCUT2D eigenvalue weighted by Gasteiger charge is -2.08. The van der Waals surface area contributed by atoms with Crippen molar-refractivity contribution >= 4 is 16.9 Å². The molecule has 5 aromatic rings. The van der Waals surface area contributed by atoms with Gasteiger partial charge in [0.05, 0.1) is 12.1 Å². The average Bonchev–Trinajstić information content (AvgIpc) is 3.62. The molecule has 0 saturated carbocycles. The molecule has 5 rings (SSSR count). The quantitative estimate of drug-likeness (QED) is 0.219. The van der Waals surface area contributed by atoms with Crippen LogP contribution in [-0.4, -0.2) is 47.7 Å². The minimum atomic E-state index is -0.201. The van der Waals surface area contributed by atoms with Gasteiger partial charge in [0.1, 0.15) is 17.6 Å². The maximum absolute atomic E-state index is 12.9. The van der Waals surface area contributed by atoms with Crippen LogP contribution in [0, 0.1) is 0 Å². The number of fused-ring (bicyclic) bond motifs is 1. The number of ether oxygens (including phenoxy) is 1. The number of tetrazole rings is 1. The number of carbonyl (C=O) groups is 1. The van der Waals surface area contributed by atoms with Crippen LogP contribution in [0.1, 0.15) is 48.9 Å². The Balaban J connectivity index is 1.04. The summed E-state index contributed by atoms with van der Waals surface area (Å²) in [5, 5.41) is 19.2. The average molecular weight is 496 g/mol. The molecule has 0 unspecified atom stereocenters. The zero-order valence-electron chi connectivity index (χ0n) is 20.6. The van der Waals surface area contributed by atoms with Crippen molar-refractivity contribution in [3.63, 3.8) is 0 Å². The smallest absolute Gasteiger partial charge is 0.280 e. The van der Waals surface area contributed by atoms with Crippen molar-refractivity contribution in [1.82, 2.24) is 35.2 Å². The Labute approximate surface area is 215 Å². The molecule has 0 N–H and O–H groups in total. The number of carbonyl (C=O) groups excluding carboxylic acids is 1. The second-order valence-corrected chi connectivity index (χ2v) is 8.94. The minimum absolute atomic E-state index is 0.201. The van der Waals surface area contributed by atoms with Gasteiger partial charge in [0.25, 0.3) is 5.91 Å². The normalized spacial score (nSPS) is 11.1. The molecular formula is C28H29N7O2. The molecule has 0 radical (unpaired) electrons. The Morgan fingerprint density at radius 3 is 2.22 bits per heavy atom. The highest BCUT2D eigenvalue weighted by atomic mass is 16.5. The van der Waals surface area contributed by atoms with Crippen molar-refractivity contribution < 1.29 is 9.53 Å². The van der Waals surface area contributed by atoms with Crippen LogP contribution in [0.5, 0.6) is 5.75 Å². The highest BCUT2D eigenvalue weighted by Crippen LogP contribution is 2.24. The van der Waals surface area contributed by atoms with Crippen molar-refractivity contribution in [2.45, 2.75) is 45.1 Å². The van der Waals surface area contributed by atoms with Crippen molar-refractivity contribution in [2.75, 3.05) is 6.61 Å². The summed E-state index contributed by atoms with van der Waals surface area (Å²) in [6.07, 6.45) is 8.59. The highest BCUT2D eigenvalue weighted by Gasteiger charge is 2.14. The van der Waals surface area contributed by atoms with E-state index in [0.29, 0.717) is 16.6 Å². The summed E-state index contributed by atoms with van der Waals surface area (Å²) in [5.41, 5.74) is 4.06. The molecule has 9 heteroatoms. The summed E-state index contributed by atoms with van der Waals surface area (Å²) in [7, 11) is 0. The Kier molecular flexibility index (Phi) is 7.90. The van der Waals surface area contributed by atoms with Gasteiger partial charge in [-0.3, -0.25) is 4.79 Å². The zero-order chi connectivity index (χ0) is 25.3. The Bertz CT molecular complexity index is 1410. The lowest BCUT2D eigenvalue weighted by Crippen LogP contribution is -2.13. The van der Waals surface area contributed by atoms with E-state index in [1.165, 1.54) is 30.4 Å². The standard InChI is InChI=1S/C28H29N7O2/c36-28(35-27-10-6-5-9-26(27)30-32-35)24-13-11-22(12-14-24)23-15-17-25(18-16-23)37-20-8-4-2-1-3-7-19-34-21-29-31-33-34/h5-6,9-18,21H,1-4,7-8,19-20H2. The highest BCUT2D eigenvalue weighted by molar-refractivity contribution is 6.00. The van der Waals surface area contributed by atoms with Gasteiger partial charge in [-0.1, -0.05) is 67.3 Å². The molecule has 0 aliphatic rings. The number of rotatable bonds is 12. The van der Waals surface area contributed by atoms with Crippen molar-refractivity contribution in [3.8, 4) is 16.9 Å². The minimum Gasteiger partial charge on any atom is -0.494 e. The molecule has 0 aliphatic heterocycles. The molecule has 0 amide bonds. The molecule has 9 nitrogen and oxygen atoms in total. The van der Waals surface area contributed by atoms with Crippen LogP contribution in [0.4, 0.5) is 0 Å². The number of hydrogen-bond donors (Lipinski definition) is 0. The van der Waals surface area contributed by atoms with E-state index >= 15 is 0 Å². The van der Waals surface area contributed by atoms with E-state index in [-0.39, 0.29) is 5.91 Å². The van der Waals surface area contributed by atoms with E-state index in [2.05, 4.69) is 25.8 Å². The first-order chi connectivity index (χ1) is 18.3. The summed E-state index contributed by atoms with van der Waals surface area (Å²) in [6, 6.07) is 23.1. The SMILES string of the molecule is O=C(c1ccc(-c2ccc(OCCCCCCCCn3cnnn3)cc2)cc1)n1nnc2ccccc21. The van der Waals surface area contributed by atoms with E-state index in [1.807, 2.05) is 72.8 Å². The van der Waals surface area contributed by atoms with Gasteiger partial charge in [-0.25, -0.2) is 4.68 Å². The molecule has 0 bridgehead atoms. The third kappa shape index (κ3) is 6.24. The van der Waals surface area contributed by atoms with Gasteiger partial charge in [0.2, 0.25) is 0 Å². The molecule has 0 aliphatic carbocycles. The number of aryl methyl sites for hydroxylation is 1. The maximum atomic E-state index is 12.9. The predicted octanol–water partition coefficient (Wildman–Crippen LogP) is 5.19. The molecule has 0 fully saturated rings. The largest absolute Gasteiger partial charge is 0.494 e. The zero-order valence-corrected chi connectivity index (χ0v) is 20.6. The maximum Gasteiger partial charge on any atom is 0.280 e. The van der Waals surface area contributed by atoms with Crippen molar-refractivity contribution in [2.24, 2.45) is 0 Å². The van der Waals surface area contributed by atoms with Gasteiger partial charge < -0.3 is 4.74 Å². The first kappa shape index (κ1) is 24.3. The number of aromatic nitrogens is 7. The van der Waals surface area contributed by atoms with Gasteiger partial charge in [-0.05, 0) is 70.8 Å². The van der Waals surface area contributed by atoms with Crippen LogP contribution in [0.3, 0.4) is 0 Å². The Hall–Kier alpha value is -4.40. The van der Waals surface area contributed by atoms with Gasteiger partial charge in [-0.15, -0.1) is 10.2 Å². The molecule has 0 spiro atoms. The van der Waals surface area contributed by atoms with E-state index in [4.69, 9.17) is 4.74 Å². The number of nitrogens with zero attached hydrogens (tertiary/aromatic N) is 7. The Morgan fingerprint density at radius 2 is 1.46 bits per heavy atom. The fourth-order valence-electron chi connectivity index (χ4n) is 4.25. The van der Waals surface area contributed by atoms with Gasteiger partial charge in [-0.2, -0.15) is 4.68 Å². The molecule has 2 heterocycles. The summed E-state index contributed by atoms with van der Waals surface area (Å²) >= 11 is 0. The van der Waals surface area contributed by atoms with Gasteiger partial charge in [0.15, 0.2) is 0 Å². The Morgan fingerprint density at radius 1 is 0.757 bits per heavy atom. The predicted molar refractivity (Wildman–Crippen MR) is 140 cm³/mol. The lowest BCUT2D eigenvalue weighted by molar-refractivity contribution is 0.0948. The van der Waals surface area contributed by atoms with E-state index < -0.39 is 0 Å². The van der Waals surface area contributed by atoms with E-state index in [9.17, 15) is 4.79 Å². The summed E-state index contributed by atoms with van der Waals surface area (Å²) in [5.74, 6) is 0.670. The number of unbranched alkanes of at least 4 members (excludes halogenated alkanes) is 5. The molecule has 188 valence electrons. The van der Waals surface area contributed by atoms with Crippen LogP contribution in [0.25, 0.3) is 22.2 Å². The van der Waals surface area contributed by atoms with Crippen molar-refractivity contribution in [3.05, 3.63) is 84.7 Å². The van der Waals surface area contributed by atoms with Gasteiger partial charge >= 0.3 is 0 Å². The number of para-hydroxylation sites is 1. The molecule has 37 heavy (non-hydrogen) atoms. The van der Waals surface area contributed by atoms with Crippen LogP contribution in [0.2, 0.25) is 0 Å². The van der Waals surface area contributed by atoms with Gasteiger partial charge in [0, 0.05) is 12.1 Å². The molecule has 0 saturated heterocycles. The van der Waals surface area contributed by atoms with Crippen molar-refractivity contribution in [1.29, 1.82) is 0 Å². The fourth-order valence-corrected chi connectivity index (χ4v) is 4.25. The van der Waals surface area contributed by atoms with E-state index in [1.54, 1.807) is 11.0 Å². The molecule has 3 aromatic carbocycles. The van der Waals surface area contributed by atoms with Crippen LogP contribution >= 0.6 is 0 Å². The first-order valence-electron chi connectivity index (χ1n) is 12.7. The fraction of sp³-hybridized carbons (Fsp3) is 0.286. The van der Waals surface area contributed by atoms with Crippen LogP contribution < -0.4 is 4.74 Å². The van der Waals surface area contributed by atoms with Crippen LogP contribution in [-0.2, 0) is 6.54 Å². The topological polar surface area (TPSA) is 101 Å². The second-order valence-electron chi connectivity index (χ2n) is 8.94. The number of benzene rings is 3. The molecular weight excluding hydrogens is 466 g/mol. The van der Waals surface area contributed by atoms with E-state index in [0.717, 1.165) is 42.9 Å². The third-order valence-electron chi connectivity index (χ3n) is 6.31. The lowest BCUT2D eigenvalue weighted by atomic mass is 10.0. The summed E-state index contributed by atoms with van der Waals surface area (Å²) in [6.45, 7) is 1.60. The monoisotopic (exact) mass is 495 g/mol. The first-order valence-corrected chi connectivity index (χ1v) is 12.7. The third-order valence-corrected chi connectivity index (χ3v) is 6.31. The second kappa shape index (κ2) is 12.0. The molecule has 2 aromatic heterocycles. The molecule has 0 atom stereocenters. The summed E-state index contributed by atoms with van der Waals surface area (Å²) in [4.78, 5) is 12.9. The summed E-state index contributed by atoms with van der Waals surface area (Å²) < 4.78 is 9.03.